The van der Waals surface area contributed by atoms with Crippen molar-refractivity contribution in [2.24, 2.45) is 5.73 Å². The van der Waals surface area contributed by atoms with Crippen LogP contribution in [0.1, 0.15) is 13.3 Å². The number of amides is 1. The second-order valence-corrected chi connectivity index (χ2v) is 6.40. The molecule has 1 unspecified atom stereocenters. The number of ether oxygens (including phenoxy) is 1. The van der Waals surface area contributed by atoms with E-state index >= 15 is 0 Å². The molecule has 0 saturated carbocycles. The molecule has 0 aliphatic carbocycles. The van der Waals surface area contributed by atoms with Gasteiger partial charge in [0.25, 0.3) is 0 Å². The van der Waals surface area contributed by atoms with Gasteiger partial charge in [0.2, 0.25) is 5.91 Å². The molecule has 0 aromatic heterocycles. The van der Waals surface area contributed by atoms with Crippen LogP contribution in [0.25, 0.3) is 0 Å². The van der Waals surface area contributed by atoms with Gasteiger partial charge in [0, 0.05) is 18.1 Å². The van der Waals surface area contributed by atoms with Crippen LogP contribution in [-0.2, 0) is 14.3 Å². The van der Waals surface area contributed by atoms with Crippen molar-refractivity contribution < 1.29 is 14.3 Å². The zero-order valence-electron chi connectivity index (χ0n) is 11.5. The second kappa shape index (κ2) is 8.71. The molecule has 0 bridgehead atoms. The standard InChI is InChI=1S/C12H22N2O3S2/c1-3-17-12(16)10-8-19-7-5-14(10)11(15)9(13)4-6-18-2/h9-10H,3-8,13H2,1-2H3/t9-,10?/m1/s1. The number of hydrogen-bond donors (Lipinski definition) is 1. The Balaban J connectivity index is 2.65. The van der Waals surface area contributed by atoms with Crippen molar-refractivity contribution in [1.29, 1.82) is 0 Å². The van der Waals surface area contributed by atoms with Crippen molar-refractivity contribution in [1.82, 2.24) is 4.90 Å². The highest BCUT2D eigenvalue weighted by molar-refractivity contribution is 7.99. The van der Waals surface area contributed by atoms with Crippen LogP contribution in [0.3, 0.4) is 0 Å². The van der Waals surface area contributed by atoms with Crippen LogP contribution in [0.2, 0.25) is 0 Å². The highest BCUT2D eigenvalue weighted by atomic mass is 32.2. The molecule has 1 amide bonds. The molecule has 110 valence electrons. The first-order valence-corrected chi connectivity index (χ1v) is 8.96. The zero-order valence-corrected chi connectivity index (χ0v) is 13.1. The SMILES string of the molecule is CCOC(=O)C1CSCCN1C(=O)[C@H](N)CCSC. The molecule has 0 aromatic rings. The van der Waals surface area contributed by atoms with E-state index < -0.39 is 12.1 Å². The summed E-state index contributed by atoms with van der Waals surface area (Å²) >= 11 is 3.33. The Morgan fingerprint density at radius 3 is 2.95 bits per heavy atom. The van der Waals surface area contributed by atoms with Crippen LogP contribution < -0.4 is 5.73 Å². The Morgan fingerprint density at radius 2 is 2.32 bits per heavy atom. The molecule has 2 atom stereocenters. The van der Waals surface area contributed by atoms with E-state index in [1.165, 1.54) is 0 Å². The van der Waals surface area contributed by atoms with Gasteiger partial charge in [0.05, 0.1) is 12.6 Å². The van der Waals surface area contributed by atoms with Crippen LogP contribution in [0.4, 0.5) is 0 Å². The third kappa shape index (κ3) is 4.89. The lowest BCUT2D eigenvalue weighted by molar-refractivity contribution is -0.154. The molecular formula is C12H22N2O3S2. The van der Waals surface area contributed by atoms with Gasteiger partial charge < -0.3 is 15.4 Å². The van der Waals surface area contributed by atoms with E-state index in [2.05, 4.69) is 0 Å². The van der Waals surface area contributed by atoms with Crippen LogP contribution in [0, 0.1) is 0 Å². The Bertz CT molecular complexity index is 315. The summed E-state index contributed by atoms with van der Waals surface area (Å²) in [6, 6.07) is -1.00. The van der Waals surface area contributed by atoms with E-state index in [0.29, 0.717) is 25.3 Å². The summed E-state index contributed by atoms with van der Waals surface area (Å²) in [6.07, 6.45) is 2.62. The Hall–Kier alpha value is -0.400. The van der Waals surface area contributed by atoms with Crippen molar-refractivity contribution in [3.05, 3.63) is 0 Å². The fourth-order valence-electron chi connectivity index (χ4n) is 1.88. The van der Waals surface area contributed by atoms with Crippen LogP contribution in [-0.4, -0.2) is 65.5 Å². The lowest BCUT2D eigenvalue weighted by Gasteiger charge is -2.35. The van der Waals surface area contributed by atoms with Gasteiger partial charge in [-0.05, 0) is 25.4 Å². The average Bonchev–Trinajstić information content (AvgIpc) is 2.44. The third-order valence-electron chi connectivity index (χ3n) is 2.92. The van der Waals surface area contributed by atoms with Gasteiger partial charge in [-0.2, -0.15) is 23.5 Å². The van der Waals surface area contributed by atoms with Crippen molar-refractivity contribution in [3.63, 3.8) is 0 Å². The third-order valence-corrected chi connectivity index (χ3v) is 4.59. The van der Waals surface area contributed by atoms with E-state index in [4.69, 9.17) is 10.5 Å². The first kappa shape index (κ1) is 16.7. The van der Waals surface area contributed by atoms with Gasteiger partial charge >= 0.3 is 5.97 Å². The fourth-order valence-corrected chi connectivity index (χ4v) is 3.40. The van der Waals surface area contributed by atoms with E-state index in [1.807, 2.05) is 6.26 Å². The maximum Gasteiger partial charge on any atom is 0.329 e. The molecule has 7 heteroatoms. The first-order valence-electron chi connectivity index (χ1n) is 6.41. The van der Waals surface area contributed by atoms with Crippen LogP contribution in [0.15, 0.2) is 0 Å². The minimum atomic E-state index is -0.521. The number of esters is 1. The molecule has 0 radical (unpaired) electrons. The molecule has 1 fully saturated rings. The predicted octanol–water partition coefficient (Wildman–Crippen LogP) is 0.574. The highest BCUT2D eigenvalue weighted by Gasteiger charge is 2.35. The van der Waals surface area contributed by atoms with Gasteiger partial charge in [0.1, 0.15) is 6.04 Å². The molecule has 1 rings (SSSR count). The van der Waals surface area contributed by atoms with E-state index in [9.17, 15) is 9.59 Å². The van der Waals surface area contributed by atoms with E-state index in [1.54, 1.807) is 35.3 Å². The summed E-state index contributed by atoms with van der Waals surface area (Å²) in [5, 5.41) is 0. The minimum absolute atomic E-state index is 0.132. The average molecular weight is 306 g/mol. The summed E-state index contributed by atoms with van der Waals surface area (Å²) < 4.78 is 5.03. The maximum atomic E-state index is 12.3. The Morgan fingerprint density at radius 1 is 1.58 bits per heavy atom. The number of thioether (sulfide) groups is 2. The van der Waals surface area contributed by atoms with E-state index in [0.717, 1.165) is 11.5 Å². The van der Waals surface area contributed by atoms with Crippen molar-refractivity contribution in [2.75, 3.05) is 36.7 Å². The summed E-state index contributed by atoms with van der Waals surface area (Å²) in [6.45, 7) is 2.67. The topological polar surface area (TPSA) is 72.6 Å². The minimum Gasteiger partial charge on any atom is -0.464 e. The number of carbonyl (C=O) groups is 2. The molecule has 2 N–H and O–H groups in total. The second-order valence-electron chi connectivity index (χ2n) is 4.26. The quantitative estimate of drug-likeness (QED) is 0.724. The van der Waals surface area contributed by atoms with Gasteiger partial charge in [-0.3, -0.25) is 4.79 Å². The molecule has 1 heterocycles. The molecule has 19 heavy (non-hydrogen) atoms. The lowest BCUT2D eigenvalue weighted by atomic mass is 10.1. The summed E-state index contributed by atoms with van der Waals surface area (Å²) in [5.41, 5.74) is 5.91. The smallest absolute Gasteiger partial charge is 0.329 e. The molecule has 0 aromatic carbocycles. The Labute approximate surface area is 123 Å². The van der Waals surface area contributed by atoms with Crippen LogP contribution in [0.5, 0.6) is 0 Å². The van der Waals surface area contributed by atoms with Gasteiger partial charge in [-0.15, -0.1) is 0 Å². The largest absolute Gasteiger partial charge is 0.464 e. The van der Waals surface area contributed by atoms with Gasteiger partial charge in [-0.25, -0.2) is 4.79 Å². The normalized spacial score (nSPS) is 21.0. The molecule has 1 saturated heterocycles. The molecule has 5 nitrogen and oxygen atoms in total. The van der Waals surface area contributed by atoms with Gasteiger partial charge in [0.15, 0.2) is 0 Å². The number of nitrogens with two attached hydrogens (primary N) is 1. The zero-order chi connectivity index (χ0) is 14.3. The van der Waals surface area contributed by atoms with Gasteiger partial charge in [-0.1, -0.05) is 0 Å². The molecule has 0 spiro atoms. The lowest BCUT2D eigenvalue weighted by Crippen LogP contribution is -2.55. The molecule has 1 aliphatic heterocycles. The molecule has 1 aliphatic rings. The summed E-state index contributed by atoms with van der Waals surface area (Å²) in [4.78, 5) is 25.8. The molecular weight excluding hydrogens is 284 g/mol. The van der Waals surface area contributed by atoms with Crippen molar-refractivity contribution in [2.45, 2.75) is 25.4 Å². The first-order chi connectivity index (χ1) is 9.11. The number of carbonyl (C=O) groups excluding carboxylic acids is 2. The summed E-state index contributed by atoms with van der Waals surface area (Å²) in [5.74, 6) is 1.84. The Kier molecular flexibility index (Phi) is 7.63. The highest BCUT2D eigenvalue weighted by Crippen LogP contribution is 2.19. The van der Waals surface area contributed by atoms with Crippen molar-refractivity contribution >= 4 is 35.4 Å². The number of nitrogens with zero attached hydrogens (tertiary/aromatic N) is 1. The van der Waals surface area contributed by atoms with Crippen molar-refractivity contribution in [3.8, 4) is 0 Å². The van der Waals surface area contributed by atoms with E-state index in [-0.39, 0.29) is 11.9 Å². The number of hydrogen-bond acceptors (Lipinski definition) is 6. The predicted molar refractivity (Wildman–Crippen MR) is 80.4 cm³/mol. The fraction of sp³-hybridized carbons (Fsp3) is 0.833. The maximum absolute atomic E-state index is 12.3. The monoisotopic (exact) mass is 306 g/mol. The summed E-state index contributed by atoms with van der Waals surface area (Å²) in [7, 11) is 0. The van der Waals surface area contributed by atoms with Crippen LogP contribution >= 0.6 is 23.5 Å². The number of rotatable bonds is 6.